The first-order valence-corrected chi connectivity index (χ1v) is 4.70. The number of carbonyl (C=O) groups excluding carboxylic acids is 1. The van der Waals surface area contributed by atoms with Gasteiger partial charge in [-0.3, -0.25) is 4.79 Å². The van der Waals surface area contributed by atoms with Crippen LogP contribution in [0.5, 0.6) is 0 Å². The Balaban J connectivity index is 2.75. The first kappa shape index (κ1) is 10.9. The first-order valence-electron chi connectivity index (χ1n) is 4.33. The molecule has 76 valence electrons. The molecule has 0 heterocycles. The second-order valence-electron chi connectivity index (χ2n) is 2.83. The van der Waals surface area contributed by atoms with Crippen molar-refractivity contribution >= 4 is 23.3 Å². The number of esters is 1. The van der Waals surface area contributed by atoms with Crippen molar-refractivity contribution in [2.45, 2.75) is 13.3 Å². The molecule has 0 amide bonds. The quantitative estimate of drug-likeness (QED) is 0.618. The van der Waals surface area contributed by atoms with Crippen LogP contribution in [0.4, 0.5) is 5.69 Å². The van der Waals surface area contributed by atoms with E-state index in [0.29, 0.717) is 22.9 Å². The Morgan fingerprint density at radius 1 is 1.57 bits per heavy atom. The van der Waals surface area contributed by atoms with Crippen molar-refractivity contribution in [2.24, 2.45) is 0 Å². The van der Waals surface area contributed by atoms with Gasteiger partial charge in [-0.2, -0.15) is 0 Å². The monoisotopic (exact) mass is 213 g/mol. The Hall–Kier alpha value is -1.22. The zero-order valence-corrected chi connectivity index (χ0v) is 8.67. The summed E-state index contributed by atoms with van der Waals surface area (Å²) in [5.41, 5.74) is 6.86. The number of halogens is 1. The Kier molecular flexibility index (Phi) is 3.77. The van der Waals surface area contributed by atoms with Crippen molar-refractivity contribution in [1.82, 2.24) is 0 Å². The van der Waals surface area contributed by atoms with E-state index >= 15 is 0 Å². The molecule has 0 bridgehead atoms. The van der Waals surface area contributed by atoms with Gasteiger partial charge in [-0.25, -0.2) is 0 Å². The maximum absolute atomic E-state index is 11.2. The molecule has 0 aliphatic rings. The highest BCUT2D eigenvalue weighted by molar-refractivity contribution is 6.31. The topological polar surface area (TPSA) is 52.3 Å². The van der Waals surface area contributed by atoms with E-state index in [1.54, 1.807) is 25.1 Å². The summed E-state index contributed by atoms with van der Waals surface area (Å²) >= 11 is 5.88. The number of rotatable bonds is 3. The molecule has 3 nitrogen and oxygen atoms in total. The number of hydrogen-bond acceptors (Lipinski definition) is 3. The van der Waals surface area contributed by atoms with Crippen molar-refractivity contribution in [1.29, 1.82) is 0 Å². The van der Waals surface area contributed by atoms with Crippen molar-refractivity contribution in [3.8, 4) is 0 Å². The van der Waals surface area contributed by atoms with Crippen LogP contribution in [0.2, 0.25) is 5.02 Å². The highest BCUT2D eigenvalue weighted by atomic mass is 35.5. The molecular formula is C10H12ClNO2. The lowest BCUT2D eigenvalue weighted by Gasteiger charge is -2.04. The summed E-state index contributed by atoms with van der Waals surface area (Å²) in [4.78, 5) is 11.2. The summed E-state index contributed by atoms with van der Waals surface area (Å²) in [6.45, 7) is 2.14. The van der Waals surface area contributed by atoms with Crippen molar-refractivity contribution in [3.63, 3.8) is 0 Å². The van der Waals surface area contributed by atoms with Gasteiger partial charge in [0, 0.05) is 10.7 Å². The Morgan fingerprint density at radius 2 is 2.29 bits per heavy atom. The summed E-state index contributed by atoms with van der Waals surface area (Å²) in [6.07, 6.45) is 0.164. The Labute approximate surface area is 87.8 Å². The van der Waals surface area contributed by atoms with Crippen molar-refractivity contribution in [2.75, 3.05) is 12.3 Å². The van der Waals surface area contributed by atoms with Gasteiger partial charge in [0.1, 0.15) is 0 Å². The van der Waals surface area contributed by atoms with Crippen molar-refractivity contribution in [3.05, 3.63) is 28.8 Å². The third-order valence-electron chi connectivity index (χ3n) is 1.71. The number of nitrogen functional groups attached to an aromatic ring is 1. The van der Waals surface area contributed by atoms with Crippen LogP contribution in [-0.2, 0) is 16.0 Å². The van der Waals surface area contributed by atoms with E-state index in [1.807, 2.05) is 0 Å². The lowest BCUT2D eigenvalue weighted by Crippen LogP contribution is -2.08. The second kappa shape index (κ2) is 4.86. The molecule has 0 saturated heterocycles. The number of nitrogens with two attached hydrogens (primary N) is 1. The van der Waals surface area contributed by atoms with E-state index in [-0.39, 0.29) is 12.4 Å². The normalized spacial score (nSPS) is 9.86. The average molecular weight is 214 g/mol. The van der Waals surface area contributed by atoms with E-state index in [2.05, 4.69) is 0 Å². The molecule has 0 unspecified atom stereocenters. The lowest BCUT2D eigenvalue weighted by atomic mass is 10.1. The Bertz CT molecular complexity index is 339. The number of anilines is 1. The summed E-state index contributed by atoms with van der Waals surface area (Å²) in [5.74, 6) is -0.292. The molecular weight excluding hydrogens is 202 g/mol. The van der Waals surface area contributed by atoms with Gasteiger partial charge in [-0.15, -0.1) is 0 Å². The molecule has 1 aromatic rings. The summed E-state index contributed by atoms with van der Waals surface area (Å²) in [5, 5.41) is 0.534. The minimum Gasteiger partial charge on any atom is -0.466 e. The van der Waals surface area contributed by atoms with Crippen LogP contribution < -0.4 is 5.73 Å². The first-order chi connectivity index (χ1) is 6.63. The third kappa shape index (κ3) is 2.92. The summed E-state index contributed by atoms with van der Waals surface area (Å²) in [7, 11) is 0. The number of carbonyl (C=O) groups is 1. The van der Waals surface area contributed by atoms with Crippen LogP contribution in [-0.4, -0.2) is 12.6 Å². The van der Waals surface area contributed by atoms with E-state index in [1.165, 1.54) is 0 Å². The van der Waals surface area contributed by atoms with Gasteiger partial charge in [-0.1, -0.05) is 11.6 Å². The molecule has 0 aliphatic heterocycles. The van der Waals surface area contributed by atoms with E-state index in [0.717, 1.165) is 0 Å². The molecule has 2 N–H and O–H groups in total. The smallest absolute Gasteiger partial charge is 0.310 e. The van der Waals surface area contributed by atoms with Gasteiger partial charge in [0.15, 0.2) is 0 Å². The minimum atomic E-state index is -0.292. The number of hydrogen-bond donors (Lipinski definition) is 1. The van der Waals surface area contributed by atoms with E-state index in [9.17, 15) is 4.79 Å². The average Bonchev–Trinajstić information content (AvgIpc) is 2.12. The largest absolute Gasteiger partial charge is 0.466 e. The molecule has 0 fully saturated rings. The predicted molar refractivity (Wildman–Crippen MR) is 56.2 cm³/mol. The fraction of sp³-hybridized carbons (Fsp3) is 0.300. The van der Waals surface area contributed by atoms with Crippen LogP contribution in [0, 0.1) is 0 Å². The number of benzene rings is 1. The summed E-state index contributed by atoms with van der Waals surface area (Å²) in [6, 6.07) is 5.04. The third-order valence-corrected chi connectivity index (χ3v) is 2.08. The van der Waals surface area contributed by atoms with Crippen LogP contribution >= 0.6 is 11.6 Å². The van der Waals surface area contributed by atoms with Crippen LogP contribution in [0.1, 0.15) is 12.5 Å². The number of ether oxygens (including phenoxy) is 1. The zero-order valence-electron chi connectivity index (χ0n) is 7.92. The molecule has 0 radical (unpaired) electrons. The molecule has 0 atom stereocenters. The highest BCUT2D eigenvalue weighted by Crippen LogP contribution is 2.19. The van der Waals surface area contributed by atoms with Crippen LogP contribution in [0.15, 0.2) is 18.2 Å². The fourth-order valence-corrected chi connectivity index (χ4v) is 1.28. The maximum Gasteiger partial charge on any atom is 0.310 e. The maximum atomic E-state index is 11.2. The summed E-state index contributed by atoms with van der Waals surface area (Å²) < 4.78 is 4.80. The molecule has 1 rings (SSSR count). The molecule has 0 saturated carbocycles. The molecule has 0 aliphatic carbocycles. The van der Waals surface area contributed by atoms with Gasteiger partial charge < -0.3 is 10.5 Å². The SMILES string of the molecule is CCOC(=O)Cc1cc(N)ccc1Cl. The fourth-order valence-electron chi connectivity index (χ4n) is 1.10. The molecule has 1 aromatic carbocycles. The predicted octanol–water partition coefficient (Wildman–Crippen LogP) is 2.03. The van der Waals surface area contributed by atoms with Gasteiger partial charge in [0.05, 0.1) is 13.0 Å². The molecule has 0 spiro atoms. The minimum absolute atomic E-state index is 0.164. The van der Waals surface area contributed by atoms with E-state index < -0.39 is 0 Å². The van der Waals surface area contributed by atoms with E-state index in [4.69, 9.17) is 22.1 Å². The van der Waals surface area contributed by atoms with Gasteiger partial charge >= 0.3 is 5.97 Å². The lowest BCUT2D eigenvalue weighted by molar-refractivity contribution is -0.142. The molecule has 14 heavy (non-hydrogen) atoms. The van der Waals surface area contributed by atoms with Crippen LogP contribution in [0.3, 0.4) is 0 Å². The van der Waals surface area contributed by atoms with Gasteiger partial charge in [-0.05, 0) is 30.7 Å². The Morgan fingerprint density at radius 3 is 2.93 bits per heavy atom. The van der Waals surface area contributed by atoms with Gasteiger partial charge in [0.2, 0.25) is 0 Å². The molecule has 0 aromatic heterocycles. The van der Waals surface area contributed by atoms with Crippen LogP contribution in [0.25, 0.3) is 0 Å². The zero-order chi connectivity index (χ0) is 10.6. The highest BCUT2D eigenvalue weighted by Gasteiger charge is 2.07. The molecule has 4 heteroatoms. The standard InChI is InChI=1S/C10H12ClNO2/c1-2-14-10(13)6-7-5-8(12)3-4-9(7)11/h3-5H,2,6,12H2,1H3. The van der Waals surface area contributed by atoms with Crippen molar-refractivity contribution < 1.29 is 9.53 Å². The van der Waals surface area contributed by atoms with Gasteiger partial charge in [0.25, 0.3) is 0 Å². The second-order valence-corrected chi connectivity index (χ2v) is 3.24.